The van der Waals surface area contributed by atoms with E-state index in [1.54, 1.807) is 0 Å². The highest BCUT2D eigenvalue weighted by Gasteiger charge is 2.43. The molecule has 4 heteroatoms. The molecule has 1 spiro atoms. The normalized spacial score (nSPS) is 31.4. The number of hydrogen-bond acceptors (Lipinski definition) is 2. The fourth-order valence-corrected chi connectivity index (χ4v) is 3.90. The van der Waals surface area contributed by atoms with Crippen LogP contribution < -0.4 is 5.32 Å². The van der Waals surface area contributed by atoms with E-state index in [1.165, 1.54) is 32.1 Å². The Kier molecular flexibility index (Phi) is 3.74. The first kappa shape index (κ1) is 13.9. The summed E-state index contributed by atoms with van der Waals surface area (Å²) >= 11 is 0. The smallest absolute Gasteiger partial charge is 0.225 e. The Bertz CT molecular complexity index is 387. The lowest BCUT2D eigenvalue weighted by Gasteiger charge is -2.49. The standard InChI is InChI=1S/C16H26N2O2/c1-2-14(19)17-13-10-12(11-13)15(20)18-8-6-16(7-9-18)4-3-5-16/h12-13H,2-11H2,1H3,(H,17,19). The molecule has 1 heterocycles. The number of nitrogens with zero attached hydrogens (tertiary/aromatic N) is 1. The van der Waals surface area contributed by atoms with Crippen molar-refractivity contribution in [1.82, 2.24) is 10.2 Å². The fraction of sp³-hybridized carbons (Fsp3) is 0.875. The average Bonchev–Trinajstić information content (AvgIpc) is 2.39. The van der Waals surface area contributed by atoms with Gasteiger partial charge in [-0.25, -0.2) is 0 Å². The van der Waals surface area contributed by atoms with Gasteiger partial charge >= 0.3 is 0 Å². The van der Waals surface area contributed by atoms with Crippen LogP contribution in [-0.4, -0.2) is 35.8 Å². The minimum absolute atomic E-state index is 0.103. The number of carbonyl (C=O) groups is 2. The second-order valence-corrected chi connectivity index (χ2v) is 6.97. The number of hydrogen-bond donors (Lipinski definition) is 1. The molecule has 1 aliphatic heterocycles. The van der Waals surface area contributed by atoms with Gasteiger partial charge in [-0.3, -0.25) is 9.59 Å². The topological polar surface area (TPSA) is 49.4 Å². The van der Waals surface area contributed by atoms with Crippen LogP contribution in [0.3, 0.4) is 0 Å². The summed E-state index contributed by atoms with van der Waals surface area (Å²) in [6, 6.07) is 0.235. The summed E-state index contributed by atoms with van der Waals surface area (Å²) in [4.78, 5) is 25.8. The monoisotopic (exact) mass is 278 g/mol. The van der Waals surface area contributed by atoms with Crippen molar-refractivity contribution in [2.75, 3.05) is 13.1 Å². The van der Waals surface area contributed by atoms with Crippen LogP contribution in [0.5, 0.6) is 0 Å². The molecular weight excluding hydrogens is 252 g/mol. The second-order valence-electron chi connectivity index (χ2n) is 6.97. The maximum absolute atomic E-state index is 12.4. The summed E-state index contributed by atoms with van der Waals surface area (Å²) in [6.07, 6.45) is 8.77. The van der Waals surface area contributed by atoms with E-state index in [9.17, 15) is 9.59 Å². The minimum Gasteiger partial charge on any atom is -0.353 e. The van der Waals surface area contributed by atoms with Crippen LogP contribution >= 0.6 is 0 Å². The summed E-state index contributed by atoms with van der Waals surface area (Å²) in [7, 11) is 0. The lowest BCUT2D eigenvalue weighted by Crippen LogP contribution is -2.53. The SMILES string of the molecule is CCC(=O)NC1CC(C(=O)N2CCC3(CCC3)CC2)C1. The summed E-state index contributed by atoms with van der Waals surface area (Å²) < 4.78 is 0. The Balaban J connectivity index is 1.41. The van der Waals surface area contributed by atoms with Gasteiger partial charge in [-0.1, -0.05) is 13.3 Å². The first-order valence-corrected chi connectivity index (χ1v) is 8.20. The van der Waals surface area contributed by atoms with Crippen molar-refractivity contribution in [3.8, 4) is 0 Å². The van der Waals surface area contributed by atoms with Gasteiger partial charge < -0.3 is 10.2 Å². The number of likely N-dealkylation sites (tertiary alicyclic amines) is 1. The van der Waals surface area contributed by atoms with Crippen LogP contribution in [0.25, 0.3) is 0 Å². The lowest BCUT2D eigenvalue weighted by atomic mass is 9.63. The first-order chi connectivity index (χ1) is 9.62. The highest BCUT2D eigenvalue weighted by atomic mass is 16.2. The van der Waals surface area contributed by atoms with Crippen molar-refractivity contribution in [3.05, 3.63) is 0 Å². The molecule has 0 aromatic heterocycles. The van der Waals surface area contributed by atoms with Crippen molar-refractivity contribution in [2.45, 2.75) is 64.3 Å². The number of nitrogens with one attached hydrogen (secondary N) is 1. The number of carbonyl (C=O) groups excluding carboxylic acids is 2. The number of amides is 2. The summed E-state index contributed by atoms with van der Waals surface area (Å²) in [6.45, 7) is 3.78. The third-order valence-electron chi connectivity index (χ3n) is 5.72. The molecule has 1 saturated heterocycles. The van der Waals surface area contributed by atoms with Crippen molar-refractivity contribution >= 4 is 11.8 Å². The van der Waals surface area contributed by atoms with Crippen molar-refractivity contribution < 1.29 is 9.59 Å². The van der Waals surface area contributed by atoms with Gasteiger partial charge in [-0.15, -0.1) is 0 Å². The zero-order chi connectivity index (χ0) is 14.2. The zero-order valence-corrected chi connectivity index (χ0v) is 12.5. The van der Waals surface area contributed by atoms with E-state index in [1.807, 2.05) is 6.92 Å². The Hall–Kier alpha value is -1.06. The first-order valence-electron chi connectivity index (χ1n) is 8.20. The van der Waals surface area contributed by atoms with E-state index in [2.05, 4.69) is 10.2 Å². The maximum Gasteiger partial charge on any atom is 0.225 e. The maximum atomic E-state index is 12.4. The van der Waals surface area contributed by atoms with Crippen molar-refractivity contribution in [2.24, 2.45) is 11.3 Å². The Labute approximate surface area is 121 Å². The van der Waals surface area contributed by atoms with Crippen LogP contribution in [0.15, 0.2) is 0 Å². The van der Waals surface area contributed by atoms with Crippen LogP contribution in [0, 0.1) is 11.3 Å². The molecule has 2 amide bonds. The van der Waals surface area contributed by atoms with Crippen LogP contribution in [-0.2, 0) is 9.59 Å². The molecule has 3 rings (SSSR count). The summed E-state index contributed by atoms with van der Waals surface area (Å²) in [5, 5.41) is 2.98. The Morgan fingerprint density at radius 3 is 2.30 bits per heavy atom. The van der Waals surface area contributed by atoms with Crippen molar-refractivity contribution in [1.29, 1.82) is 0 Å². The molecule has 0 atom stereocenters. The molecule has 20 heavy (non-hydrogen) atoms. The van der Waals surface area contributed by atoms with E-state index in [0.717, 1.165) is 25.9 Å². The van der Waals surface area contributed by atoms with Gasteiger partial charge in [0.15, 0.2) is 0 Å². The van der Waals surface area contributed by atoms with Crippen molar-refractivity contribution in [3.63, 3.8) is 0 Å². The highest BCUT2D eigenvalue weighted by Crippen LogP contribution is 2.49. The molecule has 0 unspecified atom stereocenters. The number of piperidine rings is 1. The molecular formula is C16H26N2O2. The molecule has 0 radical (unpaired) electrons. The molecule has 2 saturated carbocycles. The van der Waals surface area contributed by atoms with Gasteiger partial charge in [-0.05, 0) is 43.9 Å². The largest absolute Gasteiger partial charge is 0.353 e. The Morgan fingerprint density at radius 1 is 1.15 bits per heavy atom. The molecule has 2 aliphatic carbocycles. The predicted molar refractivity (Wildman–Crippen MR) is 77.0 cm³/mol. The predicted octanol–water partition coefficient (Wildman–Crippen LogP) is 2.08. The van der Waals surface area contributed by atoms with E-state index in [4.69, 9.17) is 0 Å². The van der Waals surface area contributed by atoms with E-state index >= 15 is 0 Å². The highest BCUT2D eigenvalue weighted by molar-refractivity contribution is 5.81. The van der Waals surface area contributed by atoms with Gasteiger partial charge in [-0.2, -0.15) is 0 Å². The van der Waals surface area contributed by atoms with Gasteiger partial charge in [0, 0.05) is 31.5 Å². The molecule has 3 aliphatic rings. The minimum atomic E-state index is 0.103. The van der Waals surface area contributed by atoms with Gasteiger partial charge in [0.05, 0.1) is 0 Å². The lowest BCUT2D eigenvalue weighted by molar-refractivity contribution is -0.143. The third kappa shape index (κ3) is 2.57. The fourth-order valence-electron chi connectivity index (χ4n) is 3.90. The molecule has 1 N–H and O–H groups in total. The van der Waals surface area contributed by atoms with Crippen LogP contribution in [0.2, 0.25) is 0 Å². The molecule has 3 fully saturated rings. The Morgan fingerprint density at radius 2 is 1.80 bits per heavy atom. The molecule has 0 bridgehead atoms. The van der Waals surface area contributed by atoms with E-state index in [0.29, 0.717) is 17.7 Å². The third-order valence-corrected chi connectivity index (χ3v) is 5.72. The molecule has 0 aromatic carbocycles. The number of rotatable bonds is 3. The summed E-state index contributed by atoms with van der Waals surface area (Å²) in [5.41, 5.74) is 0.605. The van der Waals surface area contributed by atoms with E-state index < -0.39 is 0 Å². The molecule has 112 valence electrons. The van der Waals surface area contributed by atoms with Gasteiger partial charge in [0.25, 0.3) is 0 Å². The second kappa shape index (κ2) is 5.38. The van der Waals surface area contributed by atoms with Crippen LogP contribution in [0.4, 0.5) is 0 Å². The average molecular weight is 278 g/mol. The van der Waals surface area contributed by atoms with Gasteiger partial charge in [0.1, 0.15) is 0 Å². The zero-order valence-electron chi connectivity index (χ0n) is 12.5. The van der Waals surface area contributed by atoms with E-state index in [-0.39, 0.29) is 17.9 Å². The molecule has 4 nitrogen and oxygen atoms in total. The van der Waals surface area contributed by atoms with Crippen LogP contribution in [0.1, 0.15) is 58.3 Å². The van der Waals surface area contributed by atoms with Gasteiger partial charge in [0.2, 0.25) is 11.8 Å². The molecule has 0 aromatic rings. The quantitative estimate of drug-likeness (QED) is 0.859. The summed E-state index contributed by atoms with van der Waals surface area (Å²) in [5.74, 6) is 0.597.